The lowest BCUT2D eigenvalue weighted by Crippen LogP contribution is -1.92. The van der Waals surface area contributed by atoms with Crippen LogP contribution >= 0.6 is 18.1 Å². The van der Waals surface area contributed by atoms with E-state index in [9.17, 15) is 0 Å². The molecule has 0 aliphatic rings. The van der Waals surface area contributed by atoms with E-state index in [4.69, 9.17) is 18.1 Å². The molecule has 186 valence electrons. The van der Waals surface area contributed by atoms with Crippen molar-refractivity contribution in [2.24, 2.45) is 0 Å². The summed E-state index contributed by atoms with van der Waals surface area (Å²) in [6.45, 7) is 0. The monoisotopic (exact) mass is 534 g/mol. The number of hydrogen-bond donors (Lipinski definition) is 0. The molecule has 0 aromatic heterocycles. The summed E-state index contributed by atoms with van der Waals surface area (Å²) in [4.78, 5) is 0. The Balaban J connectivity index is 1.17. The fraction of sp³-hybridized carbons (Fsp3) is 0. The molecule has 6 aromatic rings. The first-order valence-electron chi connectivity index (χ1n) is 12.2. The van der Waals surface area contributed by atoms with Crippen LogP contribution < -0.4 is 18.1 Å². The van der Waals surface area contributed by atoms with Gasteiger partial charge in [0.2, 0.25) is 0 Å². The van der Waals surface area contributed by atoms with Crippen molar-refractivity contribution in [1.82, 2.24) is 0 Å². The first-order valence-corrected chi connectivity index (χ1v) is 13.8. The molecule has 6 heteroatoms. The molecular weight excluding hydrogens is 510 g/mol. The summed E-state index contributed by atoms with van der Waals surface area (Å²) >= 11 is 0. The van der Waals surface area contributed by atoms with E-state index in [1.54, 1.807) is 0 Å². The number of fused-ring (bicyclic) bond motifs is 2. The number of hydrogen-bond acceptors (Lipinski definition) is 4. The summed E-state index contributed by atoms with van der Waals surface area (Å²) in [5.41, 5.74) is 1.85. The fourth-order valence-electron chi connectivity index (χ4n) is 4.35. The standard InChI is InChI=1S/C32H24O4P2/c1-3-15-25-23(11-1)13-9-21-29(25)33-37-35-31-19-7-5-17-27(31)28-18-6-8-20-32(28)36-38-34-30-22-10-14-24-12-2-4-16-26(24)30/h1-22,37-38H. The Bertz CT molecular complexity index is 1570. The van der Waals surface area contributed by atoms with Gasteiger partial charge in [0.1, 0.15) is 23.0 Å². The van der Waals surface area contributed by atoms with Crippen molar-refractivity contribution in [1.29, 1.82) is 0 Å². The van der Waals surface area contributed by atoms with Crippen LogP contribution in [0.3, 0.4) is 0 Å². The minimum Gasteiger partial charge on any atom is -0.440 e. The largest absolute Gasteiger partial charge is 0.440 e. The van der Waals surface area contributed by atoms with Crippen molar-refractivity contribution in [2.45, 2.75) is 0 Å². The highest BCUT2D eigenvalue weighted by Gasteiger charge is 2.13. The van der Waals surface area contributed by atoms with E-state index >= 15 is 0 Å². The van der Waals surface area contributed by atoms with Crippen LogP contribution in [0.5, 0.6) is 23.0 Å². The lowest BCUT2D eigenvalue weighted by Gasteiger charge is -2.15. The second kappa shape index (κ2) is 11.5. The van der Waals surface area contributed by atoms with Crippen molar-refractivity contribution < 1.29 is 18.1 Å². The van der Waals surface area contributed by atoms with Crippen LogP contribution in [-0.4, -0.2) is 0 Å². The van der Waals surface area contributed by atoms with Gasteiger partial charge in [-0.15, -0.1) is 0 Å². The van der Waals surface area contributed by atoms with Crippen molar-refractivity contribution in [2.75, 3.05) is 0 Å². The lowest BCUT2D eigenvalue weighted by molar-refractivity contribution is 0.515. The molecule has 0 aliphatic carbocycles. The number of para-hydroxylation sites is 2. The van der Waals surface area contributed by atoms with Gasteiger partial charge in [-0.05, 0) is 35.0 Å². The van der Waals surface area contributed by atoms with Crippen molar-refractivity contribution in [3.63, 3.8) is 0 Å². The predicted octanol–water partition coefficient (Wildman–Crippen LogP) is 9.59. The van der Waals surface area contributed by atoms with Gasteiger partial charge < -0.3 is 18.1 Å². The molecule has 0 fully saturated rings. The zero-order valence-corrected chi connectivity index (χ0v) is 22.3. The lowest BCUT2D eigenvalue weighted by atomic mass is 10.0. The van der Waals surface area contributed by atoms with Gasteiger partial charge in [0.25, 0.3) is 18.1 Å². The summed E-state index contributed by atoms with van der Waals surface area (Å²) in [6, 6.07) is 44.2. The molecule has 2 atom stereocenters. The number of rotatable bonds is 9. The average molecular weight is 534 g/mol. The van der Waals surface area contributed by atoms with Crippen molar-refractivity contribution in [3.8, 4) is 34.1 Å². The topological polar surface area (TPSA) is 36.9 Å². The van der Waals surface area contributed by atoms with Gasteiger partial charge in [-0.25, -0.2) is 0 Å². The summed E-state index contributed by atoms with van der Waals surface area (Å²) in [5, 5.41) is 4.39. The van der Waals surface area contributed by atoms with Crippen LogP contribution in [0.25, 0.3) is 32.7 Å². The SMILES string of the molecule is c1ccc(-c2ccccc2OPOc2cccc3ccccc23)c(OPOc2cccc3ccccc23)c1. The Morgan fingerprint density at radius 1 is 0.316 bits per heavy atom. The van der Waals surface area contributed by atoms with Crippen LogP contribution in [-0.2, 0) is 0 Å². The van der Waals surface area contributed by atoms with Gasteiger partial charge >= 0.3 is 0 Å². The first-order chi connectivity index (χ1) is 18.9. The summed E-state index contributed by atoms with van der Waals surface area (Å²) in [5.74, 6) is 3.05. The molecule has 0 N–H and O–H groups in total. The molecule has 4 nitrogen and oxygen atoms in total. The third kappa shape index (κ3) is 5.29. The van der Waals surface area contributed by atoms with Crippen LogP contribution in [0.4, 0.5) is 0 Å². The zero-order valence-electron chi connectivity index (χ0n) is 20.3. The highest BCUT2D eigenvalue weighted by Crippen LogP contribution is 2.41. The summed E-state index contributed by atoms with van der Waals surface area (Å²) < 4.78 is 24.4. The smallest absolute Gasteiger partial charge is 0.275 e. The maximum atomic E-state index is 6.14. The Kier molecular flexibility index (Phi) is 7.35. The third-order valence-corrected chi connectivity index (χ3v) is 7.38. The van der Waals surface area contributed by atoms with Crippen molar-refractivity contribution >= 4 is 39.6 Å². The van der Waals surface area contributed by atoms with E-state index < -0.39 is 0 Å². The minimum absolute atomic E-state index is 0.203. The van der Waals surface area contributed by atoms with E-state index in [0.29, 0.717) is 0 Å². The maximum absolute atomic E-state index is 6.14. The number of benzene rings is 6. The van der Waals surface area contributed by atoms with Gasteiger partial charge in [0.15, 0.2) is 0 Å². The molecular formula is C32H24O4P2. The normalized spacial score (nSPS) is 11.5. The first kappa shape index (κ1) is 24.2. The third-order valence-electron chi connectivity index (χ3n) is 6.17. The molecule has 6 rings (SSSR count). The molecule has 0 spiro atoms. The van der Waals surface area contributed by atoms with Crippen LogP contribution in [0.2, 0.25) is 0 Å². The maximum Gasteiger partial charge on any atom is 0.275 e. The minimum atomic E-state index is -0.203. The fourth-order valence-corrected chi connectivity index (χ4v) is 5.50. The van der Waals surface area contributed by atoms with Gasteiger partial charge in [0.05, 0.1) is 0 Å². The van der Waals surface area contributed by atoms with Gasteiger partial charge in [0, 0.05) is 21.9 Å². The molecule has 0 heterocycles. The van der Waals surface area contributed by atoms with E-state index in [0.717, 1.165) is 55.7 Å². The molecule has 0 saturated carbocycles. The summed E-state index contributed by atoms with van der Waals surface area (Å²) in [6.07, 6.45) is 0. The molecule has 0 saturated heterocycles. The van der Waals surface area contributed by atoms with Crippen LogP contribution in [0, 0.1) is 0 Å². The molecule has 6 aromatic carbocycles. The molecule has 0 radical (unpaired) electrons. The Morgan fingerprint density at radius 2 is 0.658 bits per heavy atom. The Labute approximate surface area is 225 Å². The van der Waals surface area contributed by atoms with Crippen molar-refractivity contribution in [3.05, 3.63) is 133 Å². The Hall–Kier alpha value is -4.10. The second-order valence-electron chi connectivity index (χ2n) is 8.52. The summed E-state index contributed by atoms with van der Waals surface area (Å²) in [7, 11) is -0.405. The molecule has 0 amide bonds. The molecule has 2 unspecified atom stereocenters. The predicted molar refractivity (Wildman–Crippen MR) is 159 cm³/mol. The Morgan fingerprint density at radius 3 is 1.16 bits per heavy atom. The van der Waals surface area contributed by atoms with Gasteiger partial charge in [-0.2, -0.15) is 0 Å². The molecule has 0 bridgehead atoms. The van der Waals surface area contributed by atoms with E-state index in [-0.39, 0.29) is 18.1 Å². The van der Waals surface area contributed by atoms with Crippen LogP contribution in [0.15, 0.2) is 133 Å². The van der Waals surface area contributed by atoms with Gasteiger partial charge in [-0.3, -0.25) is 0 Å². The zero-order chi connectivity index (χ0) is 25.6. The highest BCUT2D eigenvalue weighted by molar-refractivity contribution is 7.27. The quantitative estimate of drug-likeness (QED) is 0.173. The second-order valence-corrected chi connectivity index (χ2v) is 9.67. The molecule has 38 heavy (non-hydrogen) atoms. The highest BCUT2D eigenvalue weighted by atomic mass is 31.1. The average Bonchev–Trinajstić information content (AvgIpc) is 2.98. The van der Waals surface area contributed by atoms with E-state index in [2.05, 4.69) is 36.4 Å². The molecule has 0 aliphatic heterocycles. The van der Waals surface area contributed by atoms with Gasteiger partial charge in [-0.1, -0.05) is 109 Å². The van der Waals surface area contributed by atoms with E-state index in [1.165, 1.54) is 0 Å². The van der Waals surface area contributed by atoms with E-state index in [1.807, 2.05) is 97.1 Å². The van der Waals surface area contributed by atoms with Crippen LogP contribution in [0.1, 0.15) is 0 Å².